The van der Waals surface area contributed by atoms with Gasteiger partial charge in [0, 0.05) is 25.2 Å². The maximum atomic E-state index is 13.6. The van der Waals surface area contributed by atoms with Crippen molar-refractivity contribution in [3.8, 4) is 34.1 Å². The van der Waals surface area contributed by atoms with Crippen LogP contribution in [0.2, 0.25) is 0 Å². The van der Waals surface area contributed by atoms with Gasteiger partial charge in [-0.3, -0.25) is 4.90 Å². The van der Waals surface area contributed by atoms with E-state index in [1.54, 1.807) is 33.5 Å². The van der Waals surface area contributed by atoms with Gasteiger partial charge in [-0.05, 0) is 53.1 Å². The second kappa shape index (κ2) is 9.27. The Balaban J connectivity index is 1.68. The van der Waals surface area contributed by atoms with E-state index in [1.807, 2.05) is 30.3 Å². The number of hydrogen-bond donors (Lipinski definition) is 0. The molecule has 0 saturated heterocycles. The fraction of sp³-hybridized carbons (Fsp3) is 0.280. The van der Waals surface area contributed by atoms with E-state index in [-0.39, 0.29) is 5.82 Å². The molecule has 0 fully saturated rings. The minimum absolute atomic E-state index is 0.221. The molecular formula is C25H26FNO4. The van der Waals surface area contributed by atoms with E-state index in [2.05, 4.69) is 11.0 Å². The molecular weight excluding hydrogens is 397 g/mol. The van der Waals surface area contributed by atoms with Crippen molar-refractivity contribution in [3.63, 3.8) is 0 Å². The standard InChI is InChI=1S/C25H26FNO4/c1-28-22-8-7-18(13-23(22)29-2)19-12-20-16-27(15-17-5-4-6-21(26)11-17)9-10-31-25(20)24(14-19)30-3/h4-8,11-14H,9-10,15-16H2,1-3H3. The summed E-state index contributed by atoms with van der Waals surface area (Å²) in [6, 6.07) is 16.6. The molecule has 1 aliphatic heterocycles. The van der Waals surface area contributed by atoms with Crippen LogP contribution in [0.25, 0.3) is 11.1 Å². The van der Waals surface area contributed by atoms with E-state index in [1.165, 1.54) is 6.07 Å². The number of methoxy groups -OCH3 is 3. The molecule has 1 heterocycles. The van der Waals surface area contributed by atoms with Crippen LogP contribution in [0, 0.1) is 5.82 Å². The van der Waals surface area contributed by atoms with Crippen LogP contribution >= 0.6 is 0 Å². The first kappa shape index (κ1) is 21.0. The first-order valence-electron chi connectivity index (χ1n) is 10.1. The molecule has 6 heteroatoms. The SMILES string of the molecule is COc1ccc(-c2cc3c(c(OC)c2)OCCN(Cc2cccc(F)c2)C3)cc1OC. The molecule has 0 bridgehead atoms. The molecule has 0 N–H and O–H groups in total. The maximum absolute atomic E-state index is 13.6. The van der Waals surface area contributed by atoms with Gasteiger partial charge in [0.15, 0.2) is 23.0 Å². The van der Waals surface area contributed by atoms with Gasteiger partial charge < -0.3 is 18.9 Å². The molecule has 0 aliphatic carbocycles. The number of nitrogens with zero attached hydrogens (tertiary/aromatic N) is 1. The fourth-order valence-corrected chi connectivity index (χ4v) is 3.90. The van der Waals surface area contributed by atoms with Gasteiger partial charge in [0.05, 0.1) is 21.3 Å². The zero-order chi connectivity index (χ0) is 21.8. The maximum Gasteiger partial charge on any atom is 0.165 e. The van der Waals surface area contributed by atoms with Crippen molar-refractivity contribution in [3.05, 3.63) is 71.5 Å². The Morgan fingerprint density at radius 3 is 2.39 bits per heavy atom. The summed E-state index contributed by atoms with van der Waals surface area (Å²) >= 11 is 0. The average molecular weight is 423 g/mol. The van der Waals surface area contributed by atoms with Crippen LogP contribution in [-0.2, 0) is 13.1 Å². The zero-order valence-electron chi connectivity index (χ0n) is 18.0. The Morgan fingerprint density at radius 1 is 0.871 bits per heavy atom. The van der Waals surface area contributed by atoms with Gasteiger partial charge in [-0.25, -0.2) is 4.39 Å². The number of hydrogen-bond acceptors (Lipinski definition) is 5. The van der Waals surface area contributed by atoms with Gasteiger partial charge in [0.25, 0.3) is 0 Å². The second-order valence-corrected chi connectivity index (χ2v) is 7.43. The Labute approximate surface area is 181 Å². The van der Waals surface area contributed by atoms with Gasteiger partial charge in [-0.2, -0.15) is 0 Å². The van der Waals surface area contributed by atoms with Gasteiger partial charge >= 0.3 is 0 Å². The summed E-state index contributed by atoms with van der Waals surface area (Å²) in [6.07, 6.45) is 0. The van der Waals surface area contributed by atoms with Gasteiger partial charge in [-0.1, -0.05) is 18.2 Å². The topological polar surface area (TPSA) is 40.2 Å². The number of halogens is 1. The van der Waals surface area contributed by atoms with E-state index in [4.69, 9.17) is 18.9 Å². The summed E-state index contributed by atoms with van der Waals surface area (Å²) in [5.41, 5.74) is 3.94. The number of fused-ring (bicyclic) bond motifs is 1. The van der Waals surface area contributed by atoms with Crippen molar-refractivity contribution in [2.45, 2.75) is 13.1 Å². The van der Waals surface area contributed by atoms with E-state index in [0.29, 0.717) is 36.9 Å². The highest BCUT2D eigenvalue weighted by Crippen LogP contribution is 2.40. The Kier molecular flexibility index (Phi) is 6.28. The van der Waals surface area contributed by atoms with Crippen molar-refractivity contribution < 1.29 is 23.3 Å². The van der Waals surface area contributed by atoms with Crippen molar-refractivity contribution in [2.24, 2.45) is 0 Å². The third-order valence-electron chi connectivity index (χ3n) is 5.41. The quantitative estimate of drug-likeness (QED) is 0.563. The first-order chi connectivity index (χ1) is 15.1. The van der Waals surface area contributed by atoms with Crippen LogP contribution < -0.4 is 18.9 Å². The van der Waals surface area contributed by atoms with Crippen LogP contribution in [0.3, 0.4) is 0 Å². The van der Waals surface area contributed by atoms with E-state index < -0.39 is 0 Å². The predicted molar refractivity (Wildman–Crippen MR) is 118 cm³/mol. The minimum Gasteiger partial charge on any atom is -0.493 e. The Bertz CT molecular complexity index is 1070. The van der Waals surface area contributed by atoms with E-state index >= 15 is 0 Å². The lowest BCUT2D eigenvalue weighted by Crippen LogP contribution is -2.25. The Hall–Kier alpha value is -3.25. The highest BCUT2D eigenvalue weighted by atomic mass is 19.1. The lowest BCUT2D eigenvalue weighted by molar-refractivity contribution is 0.216. The van der Waals surface area contributed by atoms with Crippen LogP contribution in [0.15, 0.2) is 54.6 Å². The van der Waals surface area contributed by atoms with Gasteiger partial charge in [0.2, 0.25) is 0 Å². The molecule has 0 saturated carbocycles. The summed E-state index contributed by atoms with van der Waals surface area (Å²) in [4.78, 5) is 2.25. The highest BCUT2D eigenvalue weighted by Gasteiger charge is 2.21. The van der Waals surface area contributed by atoms with Crippen LogP contribution in [0.5, 0.6) is 23.0 Å². The number of rotatable bonds is 6. The summed E-state index contributed by atoms with van der Waals surface area (Å²) in [5.74, 6) is 2.57. The average Bonchev–Trinajstić information content (AvgIpc) is 2.99. The van der Waals surface area contributed by atoms with Gasteiger partial charge in [-0.15, -0.1) is 0 Å². The van der Waals surface area contributed by atoms with Crippen molar-refractivity contribution in [1.29, 1.82) is 0 Å². The molecule has 162 valence electrons. The van der Waals surface area contributed by atoms with Crippen LogP contribution in [-0.4, -0.2) is 39.4 Å². The largest absolute Gasteiger partial charge is 0.493 e. The molecule has 31 heavy (non-hydrogen) atoms. The molecule has 0 amide bonds. The number of ether oxygens (including phenoxy) is 4. The third kappa shape index (κ3) is 4.59. The fourth-order valence-electron chi connectivity index (χ4n) is 3.90. The first-order valence-corrected chi connectivity index (χ1v) is 10.1. The molecule has 0 unspecified atom stereocenters. The molecule has 0 spiro atoms. The van der Waals surface area contributed by atoms with Crippen molar-refractivity contribution >= 4 is 0 Å². The number of benzene rings is 3. The molecule has 0 atom stereocenters. The van der Waals surface area contributed by atoms with Crippen LogP contribution in [0.1, 0.15) is 11.1 Å². The van der Waals surface area contributed by atoms with Crippen molar-refractivity contribution in [2.75, 3.05) is 34.5 Å². The molecule has 4 rings (SSSR count). The lowest BCUT2D eigenvalue weighted by Gasteiger charge is -2.20. The van der Waals surface area contributed by atoms with E-state index in [9.17, 15) is 4.39 Å². The summed E-state index contributed by atoms with van der Waals surface area (Å²) in [5, 5.41) is 0. The normalized spacial score (nSPS) is 13.7. The predicted octanol–water partition coefficient (Wildman–Crippen LogP) is 4.91. The van der Waals surface area contributed by atoms with Gasteiger partial charge in [0.1, 0.15) is 12.4 Å². The molecule has 3 aromatic rings. The Morgan fingerprint density at radius 2 is 1.65 bits per heavy atom. The van der Waals surface area contributed by atoms with E-state index in [0.717, 1.165) is 34.5 Å². The molecule has 0 aromatic heterocycles. The van der Waals surface area contributed by atoms with Crippen LogP contribution in [0.4, 0.5) is 4.39 Å². The minimum atomic E-state index is -0.221. The second-order valence-electron chi connectivity index (χ2n) is 7.43. The monoisotopic (exact) mass is 423 g/mol. The molecule has 0 radical (unpaired) electrons. The summed E-state index contributed by atoms with van der Waals surface area (Å²) < 4.78 is 36.1. The molecule has 5 nitrogen and oxygen atoms in total. The molecule has 3 aromatic carbocycles. The molecule has 1 aliphatic rings. The van der Waals surface area contributed by atoms with Crippen molar-refractivity contribution in [1.82, 2.24) is 4.90 Å². The third-order valence-corrected chi connectivity index (χ3v) is 5.41. The lowest BCUT2D eigenvalue weighted by atomic mass is 10.0. The smallest absolute Gasteiger partial charge is 0.165 e. The summed E-state index contributed by atoms with van der Waals surface area (Å²) in [6.45, 7) is 2.58. The highest BCUT2D eigenvalue weighted by molar-refractivity contribution is 5.71. The zero-order valence-corrected chi connectivity index (χ0v) is 18.0. The summed E-state index contributed by atoms with van der Waals surface area (Å²) in [7, 11) is 4.89.